The molecule has 0 atom stereocenters. The Labute approximate surface area is 72.5 Å². The van der Waals surface area contributed by atoms with Crippen molar-refractivity contribution in [3.05, 3.63) is 0 Å². The molecule has 1 heteroatoms. The average Bonchev–Trinajstić information content (AvgIpc) is 1.80. The van der Waals surface area contributed by atoms with E-state index in [4.69, 9.17) is 0 Å². The number of unbranched alkanes of at least 4 members (excludes halogenated alkanes) is 2. The van der Waals surface area contributed by atoms with Crippen LogP contribution in [-0.4, -0.2) is 22.5 Å². The van der Waals surface area contributed by atoms with Crippen LogP contribution in [0.25, 0.3) is 0 Å². The molecule has 0 aliphatic carbocycles. The molecule has 0 aliphatic rings. The number of hydrogen-bond donors (Lipinski definition) is 0. The molecule has 0 radical (unpaired) electrons. The van der Waals surface area contributed by atoms with Crippen molar-refractivity contribution in [1.29, 1.82) is 0 Å². The van der Waals surface area contributed by atoms with Gasteiger partial charge in [0.25, 0.3) is 0 Å². The zero-order valence-corrected chi connectivity index (χ0v) is 9.47. The maximum atomic E-state index is 2.30. The Bertz CT molecular complexity index is 50.5. The van der Waals surface area contributed by atoms with Gasteiger partial charge in [0, 0.05) is 0 Å². The van der Waals surface area contributed by atoms with Gasteiger partial charge in [-0.1, -0.05) is 0 Å². The van der Waals surface area contributed by atoms with E-state index in [1.165, 1.54) is 30.1 Å². The monoisotopic (exact) mass is 233 g/mol. The molecule has 0 aromatic heterocycles. The summed E-state index contributed by atoms with van der Waals surface area (Å²) in [4.78, 5) is 0. The summed E-state index contributed by atoms with van der Waals surface area (Å²) in [5.74, 6) is 0.912. The standard InChI is InChI=1S/C8H17.Sn/c1-4-5-6-7-8(2)3;/h8H,1,4-7H2,2-3H3;/q;+3. The first kappa shape index (κ1) is 9.80. The third-order valence-electron chi connectivity index (χ3n) is 1.46. The molecular weight excluding hydrogens is 215 g/mol. The van der Waals surface area contributed by atoms with E-state index in [-0.39, 0.29) is 0 Å². The fourth-order valence-electron chi connectivity index (χ4n) is 0.854. The van der Waals surface area contributed by atoms with Crippen LogP contribution in [0.5, 0.6) is 0 Å². The number of rotatable bonds is 5. The van der Waals surface area contributed by atoms with Crippen molar-refractivity contribution >= 4 is 22.5 Å². The molecule has 0 aliphatic heterocycles. The molecule has 0 heterocycles. The van der Waals surface area contributed by atoms with Gasteiger partial charge in [-0.2, -0.15) is 0 Å². The van der Waals surface area contributed by atoms with Crippen LogP contribution < -0.4 is 0 Å². The molecule has 0 rings (SSSR count). The quantitative estimate of drug-likeness (QED) is 0.505. The Morgan fingerprint density at radius 1 is 1.11 bits per heavy atom. The second-order valence-electron chi connectivity index (χ2n) is 2.99. The molecule has 0 nitrogen and oxygen atoms in total. The van der Waals surface area contributed by atoms with Gasteiger partial charge < -0.3 is 0 Å². The van der Waals surface area contributed by atoms with Crippen molar-refractivity contribution < 1.29 is 0 Å². The van der Waals surface area contributed by atoms with Gasteiger partial charge >= 0.3 is 72.4 Å². The Morgan fingerprint density at radius 3 is 2.22 bits per heavy atom. The molecule has 0 saturated carbocycles. The number of hydrogen-bond acceptors (Lipinski definition) is 0. The zero-order chi connectivity index (χ0) is 7.11. The van der Waals surface area contributed by atoms with Crippen LogP contribution in [0.2, 0.25) is 4.44 Å². The van der Waals surface area contributed by atoms with Gasteiger partial charge in [-0.25, -0.2) is 0 Å². The van der Waals surface area contributed by atoms with E-state index in [2.05, 4.69) is 13.8 Å². The van der Waals surface area contributed by atoms with Crippen LogP contribution in [0.3, 0.4) is 0 Å². The first-order valence-electron chi connectivity index (χ1n) is 3.92. The third kappa shape index (κ3) is 8.80. The Hall–Kier alpha value is 0.799. The summed E-state index contributed by atoms with van der Waals surface area (Å²) >= 11 is 1.70. The van der Waals surface area contributed by atoms with Crippen LogP contribution in [0, 0.1) is 5.92 Å². The van der Waals surface area contributed by atoms with Crippen molar-refractivity contribution in [2.75, 3.05) is 0 Å². The Kier molecular flexibility index (Phi) is 7.53. The first-order valence-corrected chi connectivity index (χ1v) is 5.93. The van der Waals surface area contributed by atoms with Crippen LogP contribution in [-0.2, 0) is 0 Å². The molecule has 50 valence electrons. The predicted molar refractivity (Wildman–Crippen MR) is 43.9 cm³/mol. The van der Waals surface area contributed by atoms with Gasteiger partial charge in [0.1, 0.15) is 0 Å². The summed E-state index contributed by atoms with van der Waals surface area (Å²) < 4.78 is 1.45. The van der Waals surface area contributed by atoms with Crippen molar-refractivity contribution in [1.82, 2.24) is 0 Å². The molecule has 0 aromatic rings. The van der Waals surface area contributed by atoms with E-state index < -0.39 is 0 Å². The minimum atomic E-state index is 0.912. The van der Waals surface area contributed by atoms with E-state index in [9.17, 15) is 0 Å². The molecule has 0 aromatic carbocycles. The molecule has 9 heavy (non-hydrogen) atoms. The molecule has 0 spiro atoms. The van der Waals surface area contributed by atoms with Crippen molar-refractivity contribution in [2.24, 2.45) is 5.92 Å². The predicted octanol–water partition coefficient (Wildman–Crippen LogP) is 2.79. The maximum absolute atomic E-state index is 2.30. The average molecular weight is 232 g/mol. The van der Waals surface area contributed by atoms with Crippen molar-refractivity contribution in [3.63, 3.8) is 0 Å². The van der Waals surface area contributed by atoms with Crippen molar-refractivity contribution in [3.8, 4) is 0 Å². The van der Waals surface area contributed by atoms with Crippen LogP contribution in [0.1, 0.15) is 39.5 Å². The Morgan fingerprint density at radius 2 is 1.78 bits per heavy atom. The van der Waals surface area contributed by atoms with Crippen LogP contribution in [0.4, 0.5) is 0 Å². The summed E-state index contributed by atoms with van der Waals surface area (Å²) in [5.41, 5.74) is 0. The molecule has 0 bridgehead atoms. The van der Waals surface area contributed by atoms with E-state index in [1.807, 2.05) is 0 Å². The third-order valence-corrected chi connectivity index (χ3v) is 2.47. The molecule has 0 saturated heterocycles. The van der Waals surface area contributed by atoms with Crippen LogP contribution >= 0.6 is 0 Å². The SMILES string of the molecule is CC(C)CCCC[CH2][Sn+3]. The topological polar surface area (TPSA) is 0 Å². The zero-order valence-electron chi connectivity index (χ0n) is 6.61. The van der Waals surface area contributed by atoms with E-state index >= 15 is 0 Å². The van der Waals surface area contributed by atoms with Gasteiger partial charge in [0.15, 0.2) is 0 Å². The molecule has 0 fully saturated rings. The summed E-state index contributed by atoms with van der Waals surface area (Å²) in [6, 6.07) is 0. The van der Waals surface area contributed by atoms with Gasteiger partial charge in [0.2, 0.25) is 0 Å². The fourth-order valence-corrected chi connectivity index (χ4v) is 1.57. The minimum absolute atomic E-state index is 0.912. The summed E-state index contributed by atoms with van der Waals surface area (Å²) in [5, 5.41) is 0. The van der Waals surface area contributed by atoms with Gasteiger partial charge in [0.05, 0.1) is 0 Å². The van der Waals surface area contributed by atoms with E-state index in [0.29, 0.717) is 0 Å². The second-order valence-corrected chi connectivity index (χ2v) is 4.42. The van der Waals surface area contributed by atoms with Crippen LogP contribution in [0.15, 0.2) is 0 Å². The fraction of sp³-hybridized carbons (Fsp3) is 1.00. The summed E-state index contributed by atoms with van der Waals surface area (Å²) in [7, 11) is 0. The van der Waals surface area contributed by atoms with E-state index in [1.54, 1.807) is 22.5 Å². The van der Waals surface area contributed by atoms with Gasteiger partial charge in [-0.3, -0.25) is 0 Å². The normalized spacial score (nSPS) is 10.8. The van der Waals surface area contributed by atoms with Gasteiger partial charge in [-0.15, -0.1) is 0 Å². The first-order chi connectivity index (χ1) is 4.27. The summed E-state index contributed by atoms with van der Waals surface area (Å²) in [6.45, 7) is 4.61. The van der Waals surface area contributed by atoms with Crippen molar-refractivity contribution in [2.45, 2.75) is 44.0 Å². The van der Waals surface area contributed by atoms with E-state index in [0.717, 1.165) is 5.92 Å². The molecule has 0 amide bonds. The molecule has 0 N–H and O–H groups in total. The summed E-state index contributed by atoms with van der Waals surface area (Å²) in [6.07, 6.45) is 5.80. The Balaban J connectivity index is 2.75. The second kappa shape index (κ2) is 6.91. The molecule has 0 unspecified atom stereocenters. The van der Waals surface area contributed by atoms with Gasteiger partial charge in [-0.05, 0) is 0 Å². The molecular formula is C8H17Sn+3.